The van der Waals surface area contributed by atoms with E-state index in [1.54, 1.807) is 0 Å². The number of nitrogens with zero attached hydrogens (tertiary/aromatic N) is 3. The second-order valence-corrected chi connectivity index (χ2v) is 6.64. The van der Waals surface area contributed by atoms with Gasteiger partial charge in [0.1, 0.15) is 0 Å². The molecule has 27 heavy (non-hydrogen) atoms. The highest BCUT2D eigenvalue weighted by Crippen LogP contribution is 2.16. The van der Waals surface area contributed by atoms with Gasteiger partial charge in [0.25, 0.3) is 0 Å². The molecule has 1 N–H and O–H groups in total. The fourth-order valence-corrected chi connectivity index (χ4v) is 2.93. The van der Waals surface area contributed by atoms with Gasteiger partial charge in [0, 0.05) is 39.4 Å². The van der Waals surface area contributed by atoms with E-state index in [2.05, 4.69) is 46.6 Å². The first-order chi connectivity index (χ1) is 12.7. The van der Waals surface area contributed by atoms with Gasteiger partial charge in [0.15, 0.2) is 5.96 Å². The molecule has 5 nitrogen and oxygen atoms in total. The summed E-state index contributed by atoms with van der Waals surface area (Å²) in [5.74, 6) is 0.895. The van der Waals surface area contributed by atoms with Crippen molar-refractivity contribution in [1.29, 1.82) is 0 Å². The first kappa shape index (κ1) is 21.5. The van der Waals surface area contributed by atoms with E-state index in [-0.39, 0.29) is 24.0 Å². The SMILES string of the molecule is CN(C)C(=NCc1ccccc1)NCc1ccc(N2CCOCC2)cc1.I. The lowest BCUT2D eigenvalue weighted by Gasteiger charge is -2.29. The molecule has 1 heterocycles. The van der Waals surface area contributed by atoms with Gasteiger partial charge in [0.05, 0.1) is 19.8 Å². The van der Waals surface area contributed by atoms with Crippen molar-refractivity contribution in [2.45, 2.75) is 13.1 Å². The number of hydrogen-bond acceptors (Lipinski definition) is 3. The molecule has 0 unspecified atom stereocenters. The standard InChI is InChI=1S/C21H28N4O.HI/c1-24(2)21(22-16-18-6-4-3-5-7-18)23-17-19-8-10-20(11-9-19)25-12-14-26-15-13-25;/h3-11H,12-17H2,1-2H3,(H,22,23);1H. The Bertz CT molecular complexity index is 698. The van der Waals surface area contributed by atoms with Crippen molar-refractivity contribution >= 4 is 35.6 Å². The van der Waals surface area contributed by atoms with Gasteiger partial charge in [-0.3, -0.25) is 0 Å². The zero-order valence-corrected chi connectivity index (χ0v) is 18.4. The zero-order chi connectivity index (χ0) is 18.2. The molecule has 0 saturated carbocycles. The van der Waals surface area contributed by atoms with Crippen LogP contribution in [0.1, 0.15) is 11.1 Å². The number of ether oxygens (including phenoxy) is 1. The molecule has 1 aliphatic rings. The lowest BCUT2D eigenvalue weighted by Crippen LogP contribution is -2.36. The summed E-state index contributed by atoms with van der Waals surface area (Å²) >= 11 is 0. The third-order valence-electron chi connectivity index (χ3n) is 4.44. The topological polar surface area (TPSA) is 40.1 Å². The molecule has 3 rings (SSSR count). The van der Waals surface area contributed by atoms with Crippen LogP contribution in [0.3, 0.4) is 0 Å². The number of aliphatic imine (C=N–C) groups is 1. The molecule has 1 fully saturated rings. The third-order valence-corrected chi connectivity index (χ3v) is 4.44. The van der Waals surface area contributed by atoms with Crippen LogP contribution >= 0.6 is 24.0 Å². The van der Waals surface area contributed by atoms with E-state index in [1.807, 2.05) is 37.2 Å². The van der Waals surface area contributed by atoms with Crippen LogP contribution in [0, 0.1) is 0 Å². The van der Waals surface area contributed by atoms with Crippen molar-refractivity contribution < 1.29 is 4.74 Å². The van der Waals surface area contributed by atoms with E-state index in [9.17, 15) is 0 Å². The monoisotopic (exact) mass is 480 g/mol. The largest absolute Gasteiger partial charge is 0.378 e. The normalized spacial score (nSPS) is 14.4. The van der Waals surface area contributed by atoms with Crippen LogP contribution < -0.4 is 10.2 Å². The number of nitrogens with one attached hydrogen (secondary N) is 1. The zero-order valence-electron chi connectivity index (χ0n) is 16.1. The molecule has 6 heteroatoms. The number of halogens is 1. The van der Waals surface area contributed by atoms with Crippen LogP contribution in [0.5, 0.6) is 0 Å². The maximum Gasteiger partial charge on any atom is 0.194 e. The van der Waals surface area contributed by atoms with Crippen LogP contribution in [0.2, 0.25) is 0 Å². The first-order valence-corrected chi connectivity index (χ1v) is 9.13. The summed E-state index contributed by atoms with van der Waals surface area (Å²) in [7, 11) is 4.02. The van der Waals surface area contributed by atoms with Gasteiger partial charge in [-0.05, 0) is 23.3 Å². The summed E-state index contributed by atoms with van der Waals surface area (Å²) in [6, 6.07) is 19.1. The Kier molecular flexibility index (Phi) is 8.87. The smallest absolute Gasteiger partial charge is 0.194 e. The van der Waals surface area contributed by atoms with Gasteiger partial charge < -0.3 is 19.9 Å². The highest BCUT2D eigenvalue weighted by atomic mass is 127. The predicted octanol–water partition coefficient (Wildman–Crippen LogP) is 3.35. The van der Waals surface area contributed by atoms with Crippen molar-refractivity contribution in [3.63, 3.8) is 0 Å². The lowest BCUT2D eigenvalue weighted by atomic mass is 10.2. The number of benzene rings is 2. The van der Waals surface area contributed by atoms with Crippen molar-refractivity contribution in [2.75, 3.05) is 45.3 Å². The van der Waals surface area contributed by atoms with E-state index < -0.39 is 0 Å². The Hall–Kier alpha value is -1.80. The van der Waals surface area contributed by atoms with Crippen molar-refractivity contribution in [1.82, 2.24) is 10.2 Å². The predicted molar refractivity (Wildman–Crippen MR) is 123 cm³/mol. The molecule has 0 atom stereocenters. The number of hydrogen-bond donors (Lipinski definition) is 1. The Balaban J connectivity index is 0.00000261. The minimum atomic E-state index is 0. The van der Waals surface area contributed by atoms with Crippen LogP contribution in [0.4, 0.5) is 5.69 Å². The van der Waals surface area contributed by atoms with Crippen molar-refractivity contribution in [3.8, 4) is 0 Å². The average Bonchev–Trinajstić information content (AvgIpc) is 2.69. The van der Waals surface area contributed by atoms with Crippen molar-refractivity contribution in [3.05, 3.63) is 65.7 Å². The van der Waals surface area contributed by atoms with Gasteiger partial charge in [-0.25, -0.2) is 4.99 Å². The Morgan fingerprint density at radius 2 is 1.67 bits per heavy atom. The summed E-state index contributed by atoms with van der Waals surface area (Å²) in [4.78, 5) is 9.10. The molecule has 1 saturated heterocycles. The summed E-state index contributed by atoms with van der Waals surface area (Å²) in [5, 5.41) is 3.45. The molecule has 0 aliphatic carbocycles. The molecule has 2 aromatic rings. The molecule has 0 aromatic heterocycles. The van der Waals surface area contributed by atoms with Crippen LogP contribution in [0.15, 0.2) is 59.6 Å². The van der Waals surface area contributed by atoms with Gasteiger partial charge in [-0.15, -0.1) is 24.0 Å². The summed E-state index contributed by atoms with van der Waals surface area (Å²) in [6.07, 6.45) is 0. The average molecular weight is 480 g/mol. The fourth-order valence-electron chi connectivity index (χ4n) is 2.93. The van der Waals surface area contributed by atoms with Gasteiger partial charge in [0.2, 0.25) is 0 Å². The molecule has 0 amide bonds. The molecular weight excluding hydrogens is 451 g/mol. The van der Waals surface area contributed by atoms with E-state index in [1.165, 1.54) is 16.8 Å². The van der Waals surface area contributed by atoms with E-state index in [0.29, 0.717) is 6.54 Å². The van der Waals surface area contributed by atoms with Gasteiger partial charge in [-0.1, -0.05) is 42.5 Å². The molecule has 2 aromatic carbocycles. The Morgan fingerprint density at radius 1 is 1.00 bits per heavy atom. The summed E-state index contributed by atoms with van der Waals surface area (Å²) in [5.41, 5.74) is 3.72. The van der Waals surface area contributed by atoms with E-state index >= 15 is 0 Å². The highest BCUT2D eigenvalue weighted by molar-refractivity contribution is 14.0. The molecule has 0 radical (unpaired) electrons. The van der Waals surface area contributed by atoms with Crippen molar-refractivity contribution in [2.24, 2.45) is 4.99 Å². The second kappa shape index (κ2) is 11.1. The number of rotatable bonds is 5. The molecular formula is C21H29IN4O. The van der Waals surface area contributed by atoms with Gasteiger partial charge in [-0.2, -0.15) is 0 Å². The fraction of sp³-hybridized carbons (Fsp3) is 0.381. The molecule has 1 aliphatic heterocycles. The summed E-state index contributed by atoms with van der Waals surface area (Å²) < 4.78 is 5.42. The molecule has 146 valence electrons. The third kappa shape index (κ3) is 6.70. The maximum absolute atomic E-state index is 5.42. The molecule has 0 spiro atoms. The quantitative estimate of drug-likeness (QED) is 0.405. The van der Waals surface area contributed by atoms with Gasteiger partial charge >= 0.3 is 0 Å². The lowest BCUT2D eigenvalue weighted by molar-refractivity contribution is 0.122. The Morgan fingerprint density at radius 3 is 2.30 bits per heavy atom. The van der Waals surface area contributed by atoms with Crippen LogP contribution in [-0.2, 0) is 17.8 Å². The number of anilines is 1. The van der Waals surface area contributed by atoms with Crippen LogP contribution in [-0.4, -0.2) is 51.3 Å². The Labute approximate surface area is 179 Å². The molecule has 0 bridgehead atoms. The van der Waals surface area contributed by atoms with E-state index in [0.717, 1.165) is 38.8 Å². The summed E-state index contributed by atoms with van der Waals surface area (Å²) in [6.45, 7) is 5.00. The number of guanidine groups is 1. The highest BCUT2D eigenvalue weighted by Gasteiger charge is 2.10. The minimum absolute atomic E-state index is 0. The van der Waals surface area contributed by atoms with E-state index in [4.69, 9.17) is 9.73 Å². The first-order valence-electron chi connectivity index (χ1n) is 9.13. The second-order valence-electron chi connectivity index (χ2n) is 6.64. The maximum atomic E-state index is 5.42. The minimum Gasteiger partial charge on any atom is -0.378 e. The number of morpholine rings is 1. The van der Waals surface area contributed by atoms with Crippen LogP contribution in [0.25, 0.3) is 0 Å².